The molecule has 27 heavy (non-hydrogen) atoms. The highest BCUT2D eigenvalue weighted by Crippen LogP contribution is 2.29. The van der Waals surface area contributed by atoms with Crippen LogP contribution in [0.1, 0.15) is 33.1 Å². The molecule has 138 valence electrons. The van der Waals surface area contributed by atoms with E-state index in [1.807, 2.05) is 38.3 Å². The molecule has 3 aromatic rings. The number of thioether (sulfide) groups is 1. The third-order valence-electron chi connectivity index (χ3n) is 4.21. The fourth-order valence-corrected chi connectivity index (χ4v) is 4.36. The van der Waals surface area contributed by atoms with Crippen LogP contribution in [-0.4, -0.2) is 9.97 Å². The first kappa shape index (κ1) is 19.7. The van der Waals surface area contributed by atoms with Crippen LogP contribution in [-0.2, 0) is 12.4 Å². The van der Waals surface area contributed by atoms with Crippen LogP contribution in [0.5, 0.6) is 5.75 Å². The lowest BCUT2D eigenvalue weighted by Gasteiger charge is -2.10. The molecule has 0 N–H and O–H groups in total. The van der Waals surface area contributed by atoms with Gasteiger partial charge in [0.1, 0.15) is 28.5 Å². The molecule has 2 heterocycles. The van der Waals surface area contributed by atoms with Gasteiger partial charge in [0.25, 0.3) is 0 Å². The van der Waals surface area contributed by atoms with Crippen LogP contribution in [0.15, 0.2) is 34.7 Å². The molecule has 0 bridgehead atoms. The summed E-state index contributed by atoms with van der Waals surface area (Å²) in [6.45, 7) is 6.37. The van der Waals surface area contributed by atoms with Gasteiger partial charge in [-0.15, -0.1) is 11.3 Å². The Morgan fingerprint density at radius 1 is 1.15 bits per heavy atom. The van der Waals surface area contributed by atoms with Crippen molar-refractivity contribution in [3.8, 4) is 11.8 Å². The van der Waals surface area contributed by atoms with Crippen LogP contribution in [0.25, 0.3) is 0 Å². The number of thiazole rings is 1. The first-order valence-electron chi connectivity index (χ1n) is 8.30. The maximum Gasteiger partial charge on any atom is 0.140 e. The standard InChI is InChI=1S/C20H18ClN3OS2/c1-12-13(2)18(8-22)20(23-14(12)3)27-11-16-10-26-19(24-16)9-25-17-6-4-15(21)5-7-17/h4-7,10H,9,11H2,1-3H3. The van der Waals surface area contributed by atoms with Gasteiger partial charge in [-0.2, -0.15) is 5.26 Å². The molecular formula is C20H18ClN3OS2. The number of hydrogen-bond acceptors (Lipinski definition) is 6. The van der Waals surface area contributed by atoms with Gasteiger partial charge in [0, 0.05) is 21.8 Å². The minimum atomic E-state index is 0.418. The predicted molar refractivity (Wildman–Crippen MR) is 111 cm³/mol. The number of ether oxygens (including phenoxy) is 1. The largest absolute Gasteiger partial charge is 0.486 e. The zero-order valence-corrected chi connectivity index (χ0v) is 17.6. The second kappa shape index (κ2) is 8.75. The van der Waals surface area contributed by atoms with E-state index in [0.29, 0.717) is 22.9 Å². The van der Waals surface area contributed by atoms with Crippen LogP contribution < -0.4 is 4.74 Å². The zero-order valence-electron chi connectivity index (χ0n) is 15.2. The highest BCUT2D eigenvalue weighted by Gasteiger charge is 2.13. The van der Waals surface area contributed by atoms with E-state index < -0.39 is 0 Å². The molecule has 0 amide bonds. The summed E-state index contributed by atoms with van der Waals surface area (Å²) in [6.07, 6.45) is 0. The van der Waals surface area contributed by atoms with Gasteiger partial charge in [0.15, 0.2) is 0 Å². The lowest BCUT2D eigenvalue weighted by molar-refractivity contribution is 0.305. The van der Waals surface area contributed by atoms with Gasteiger partial charge in [-0.05, 0) is 56.2 Å². The Kier molecular flexibility index (Phi) is 6.38. The van der Waals surface area contributed by atoms with E-state index >= 15 is 0 Å². The second-order valence-electron chi connectivity index (χ2n) is 6.00. The van der Waals surface area contributed by atoms with Crippen molar-refractivity contribution in [1.29, 1.82) is 5.26 Å². The van der Waals surface area contributed by atoms with Crippen molar-refractivity contribution >= 4 is 34.7 Å². The average Bonchev–Trinajstić information content (AvgIpc) is 3.12. The van der Waals surface area contributed by atoms with E-state index in [2.05, 4.69) is 16.0 Å². The van der Waals surface area contributed by atoms with E-state index in [9.17, 15) is 5.26 Å². The van der Waals surface area contributed by atoms with Gasteiger partial charge >= 0.3 is 0 Å². The van der Waals surface area contributed by atoms with E-state index in [1.54, 1.807) is 35.2 Å². The predicted octanol–water partition coefficient (Wildman–Crippen LogP) is 5.86. The fraction of sp³-hybridized carbons (Fsp3) is 0.250. The molecule has 1 aromatic carbocycles. The van der Waals surface area contributed by atoms with Crippen LogP contribution in [0.3, 0.4) is 0 Å². The second-order valence-corrected chi connectivity index (χ2v) is 8.35. The Morgan fingerprint density at radius 3 is 2.59 bits per heavy atom. The molecule has 3 rings (SSSR count). The summed E-state index contributed by atoms with van der Waals surface area (Å²) in [5, 5.41) is 13.9. The summed E-state index contributed by atoms with van der Waals surface area (Å²) in [6, 6.07) is 9.56. The first-order valence-corrected chi connectivity index (χ1v) is 10.5. The van der Waals surface area contributed by atoms with Crippen molar-refractivity contribution in [2.45, 2.75) is 38.2 Å². The lowest BCUT2D eigenvalue weighted by atomic mass is 10.1. The number of benzene rings is 1. The molecule has 0 spiro atoms. The van der Waals surface area contributed by atoms with E-state index in [4.69, 9.17) is 16.3 Å². The van der Waals surface area contributed by atoms with Gasteiger partial charge in [-0.1, -0.05) is 23.4 Å². The molecular weight excluding hydrogens is 398 g/mol. The number of aryl methyl sites for hydroxylation is 1. The summed E-state index contributed by atoms with van der Waals surface area (Å²) < 4.78 is 5.73. The van der Waals surface area contributed by atoms with Gasteiger partial charge < -0.3 is 4.74 Å². The Morgan fingerprint density at radius 2 is 1.89 bits per heavy atom. The van der Waals surface area contributed by atoms with Crippen LogP contribution in [0.4, 0.5) is 0 Å². The maximum atomic E-state index is 9.47. The highest BCUT2D eigenvalue weighted by atomic mass is 35.5. The van der Waals surface area contributed by atoms with Crippen molar-refractivity contribution < 1.29 is 4.74 Å². The van der Waals surface area contributed by atoms with Crippen molar-refractivity contribution in [3.05, 3.63) is 67.8 Å². The third kappa shape index (κ3) is 4.81. The Hall–Kier alpha value is -2.07. The fourth-order valence-electron chi connectivity index (χ4n) is 2.45. The number of rotatable bonds is 6. The Bertz CT molecular complexity index is 994. The average molecular weight is 416 g/mol. The SMILES string of the molecule is Cc1nc(SCc2csc(COc3ccc(Cl)cc3)n2)c(C#N)c(C)c1C. The molecule has 2 aromatic heterocycles. The molecule has 0 saturated heterocycles. The molecule has 0 unspecified atom stereocenters. The molecule has 4 nitrogen and oxygen atoms in total. The molecule has 0 saturated carbocycles. The summed E-state index contributed by atoms with van der Waals surface area (Å²) in [7, 11) is 0. The number of pyridine rings is 1. The Balaban J connectivity index is 1.63. The minimum absolute atomic E-state index is 0.418. The summed E-state index contributed by atoms with van der Waals surface area (Å²) >= 11 is 8.98. The molecule has 0 atom stereocenters. The smallest absolute Gasteiger partial charge is 0.140 e. The minimum Gasteiger partial charge on any atom is -0.486 e. The maximum absolute atomic E-state index is 9.47. The van der Waals surface area contributed by atoms with Gasteiger partial charge in [-0.25, -0.2) is 9.97 Å². The number of hydrogen-bond donors (Lipinski definition) is 0. The monoisotopic (exact) mass is 415 g/mol. The summed E-state index contributed by atoms with van der Waals surface area (Å²) in [4.78, 5) is 9.20. The Labute approximate surface area is 172 Å². The highest BCUT2D eigenvalue weighted by molar-refractivity contribution is 7.98. The van der Waals surface area contributed by atoms with E-state index in [1.165, 1.54) is 0 Å². The van der Waals surface area contributed by atoms with Crippen molar-refractivity contribution in [2.24, 2.45) is 0 Å². The van der Waals surface area contributed by atoms with Crippen molar-refractivity contribution in [3.63, 3.8) is 0 Å². The van der Waals surface area contributed by atoms with E-state index in [0.717, 1.165) is 38.3 Å². The first-order chi connectivity index (χ1) is 13.0. The number of nitrogens with zero attached hydrogens (tertiary/aromatic N) is 3. The number of nitriles is 1. The van der Waals surface area contributed by atoms with Gasteiger partial charge in [0.2, 0.25) is 0 Å². The van der Waals surface area contributed by atoms with Crippen LogP contribution >= 0.6 is 34.7 Å². The normalized spacial score (nSPS) is 10.6. The number of aromatic nitrogens is 2. The molecule has 0 aliphatic carbocycles. The zero-order chi connectivity index (χ0) is 19.4. The molecule has 7 heteroatoms. The summed E-state index contributed by atoms with van der Waals surface area (Å²) in [5.41, 5.74) is 4.66. The summed E-state index contributed by atoms with van der Waals surface area (Å²) in [5.74, 6) is 1.43. The lowest BCUT2D eigenvalue weighted by Crippen LogP contribution is -1.99. The van der Waals surface area contributed by atoms with Crippen molar-refractivity contribution in [1.82, 2.24) is 9.97 Å². The van der Waals surface area contributed by atoms with Gasteiger partial charge in [-0.3, -0.25) is 0 Å². The number of halogens is 1. The molecule has 0 fully saturated rings. The molecule has 0 radical (unpaired) electrons. The van der Waals surface area contributed by atoms with Crippen LogP contribution in [0.2, 0.25) is 5.02 Å². The van der Waals surface area contributed by atoms with Gasteiger partial charge in [0.05, 0.1) is 11.3 Å². The molecule has 0 aliphatic heterocycles. The topological polar surface area (TPSA) is 58.8 Å². The third-order valence-corrected chi connectivity index (χ3v) is 6.34. The quantitative estimate of drug-likeness (QED) is 0.472. The molecule has 0 aliphatic rings. The van der Waals surface area contributed by atoms with E-state index in [-0.39, 0.29) is 0 Å². The van der Waals surface area contributed by atoms with Crippen molar-refractivity contribution in [2.75, 3.05) is 0 Å². The van der Waals surface area contributed by atoms with Crippen LogP contribution in [0, 0.1) is 32.1 Å².